The molecule has 7 nitrogen and oxygen atoms in total. The first kappa shape index (κ1) is 21.9. The number of halogens is 2. The maximum atomic E-state index is 13.1. The van der Waals surface area contributed by atoms with Gasteiger partial charge in [-0.25, -0.2) is 5.01 Å². The molecule has 2 heterocycles. The number of rotatable bonds is 6. The van der Waals surface area contributed by atoms with Crippen molar-refractivity contribution in [2.24, 2.45) is 5.10 Å². The molecule has 32 heavy (non-hydrogen) atoms. The van der Waals surface area contributed by atoms with E-state index in [1.54, 1.807) is 42.7 Å². The zero-order chi connectivity index (χ0) is 22.7. The van der Waals surface area contributed by atoms with E-state index < -0.39 is 0 Å². The van der Waals surface area contributed by atoms with E-state index >= 15 is 0 Å². The summed E-state index contributed by atoms with van der Waals surface area (Å²) in [6.07, 6.45) is 2.10. The van der Waals surface area contributed by atoms with E-state index in [-0.39, 0.29) is 24.4 Å². The molecule has 0 unspecified atom stereocenters. The summed E-state index contributed by atoms with van der Waals surface area (Å²) in [6, 6.07) is 15.7. The van der Waals surface area contributed by atoms with Crippen molar-refractivity contribution >= 4 is 52.1 Å². The average Bonchev–Trinajstić information content (AvgIpc) is 3.44. The van der Waals surface area contributed by atoms with Crippen molar-refractivity contribution in [2.45, 2.75) is 19.4 Å². The highest BCUT2D eigenvalue weighted by Crippen LogP contribution is 2.33. The number of nitrogens with one attached hydrogen (secondary N) is 2. The molecule has 0 radical (unpaired) electrons. The minimum absolute atomic E-state index is 0.00438. The first-order valence-electron chi connectivity index (χ1n) is 9.90. The lowest BCUT2D eigenvalue weighted by molar-refractivity contribution is -0.131. The fourth-order valence-corrected chi connectivity index (χ4v) is 3.79. The highest BCUT2D eigenvalue weighted by atomic mass is 35.5. The molecule has 1 aliphatic rings. The molecule has 0 fully saturated rings. The van der Waals surface area contributed by atoms with Crippen LogP contribution < -0.4 is 10.6 Å². The Hall–Kier alpha value is -3.29. The summed E-state index contributed by atoms with van der Waals surface area (Å²) >= 11 is 12.2. The monoisotopic (exact) mass is 470 g/mol. The van der Waals surface area contributed by atoms with Gasteiger partial charge in [0.2, 0.25) is 5.91 Å². The van der Waals surface area contributed by atoms with E-state index in [0.717, 1.165) is 11.3 Å². The van der Waals surface area contributed by atoms with Crippen LogP contribution in [0, 0.1) is 0 Å². The van der Waals surface area contributed by atoms with E-state index in [1.807, 2.05) is 18.2 Å². The maximum Gasteiger partial charge on any atom is 0.262 e. The van der Waals surface area contributed by atoms with Gasteiger partial charge in [-0.15, -0.1) is 0 Å². The normalized spacial score (nSPS) is 15.4. The summed E-state index contributed by atoms with van der Waals surface area (Å²) in [6.45, 7) is 1.41. The van der Waals surface area contributed by atoms with Gasteiger partial charge in [0.05, 0.1) is 29.2 Å². The summed E-state index contributed by atoms with van der Waals surface area (Å²) < 4.78 is 5.56. The fourth-order valence-electron chi connectivity index (χ4n) is 3.43. The second-order valence-corrected chi connectivity index (χ2v) is 8.10. The standard InChI is InChI=1S/C23H20Cl2N4O3/c1-14(30)27-19-9-8-17(11-18(19)25)26-13-23(31)29-21(22-3-2-10-32-22)12-20(28-29)15-4-6-16(24)7-5-15/h2-11,21,26H,12-13H2,1H3,(H,27,30)/t21-/m1/s1. The quantitative estimate of drug-likeness (QED) is 0.509. The second-order valence-electron chi connectivity index (χ2n) is 7.26. The van der Waals surface area contributed by atoms with Crippen LogP contribution in [0.5, 0.6) is 0 Å². The summed E-state index contributed by atoms with van der Waals surface area (Å²) in [7, 11) is 0. The number of carbonyl (C=O) groups excluding carboxylic acids is 2. The van der Waals surface area contributed by atoms with Crippen molar-refractivity contribution in [3.05, 3.63) is 82.2 Å². The van der Waals surface area contributed by atoms with Gasteiger partial charge >= 0.3 is 0 Å². The van der Waals surface area contributed by atoms with Gasteiger partial charge in [0.15, 0.2) is 0 Å². The molecule has 2 aromatic carbocycles. The van der Waals surface area contributed by atoms with Crippen molar-refractivity contribution in [3.8, 4) is 0 Å². The zero-order valence-electron chi connectivity index (χ0n) is 17.1. The number of hydrogen-bond donors (Lipinski definition) is 2. The highest BCUT2D eigenvalue weighted by Gasteiger charge is 2.34. The van der Waals surface area contributed by atoms with Crippen molar-refractivity contribution < 1.29 is 14.0 Å². The second kappa shape index (κ2) is 9.46. The van der Waals surface area contributed by atoms with Crippen molar-refractivity contribution in [2.75, 3.05) is 17.2 Å². The van der Waals surface area contributed by atoms with Crippen molar-refractivity contribution in [1.82, 2.24) is 5.01 Å². The van der Waals surface area contributed by atoms with Crippen LogP contribution in [0.4, 0.5) is 11.4 Å². The maximum absolute atomic E-state index is 13.1. The van der Waals surface area contributed by atoms with Gasteiger partial charge in [-0.2, -0.15) is 5.10 Å². The van der Waals surface area contributed by atoms with E-state index in [1.165, 1.54) is 11.9 Å². The molecule has 0 saturated carbocycles. The topological polar surface area (TPSA) is 86.9 Å². The van der Waals surface area contributed by atoms with Crippen LogP contribution in [-0.2, 0) is 9.59 Å². The molecular weight excluding hydrogens is 451 g/mol. The molecule has 0 saturated heterocycles. The lowest BCUT2D eigenvalue weighted by atomic mass is 10.0. The average molecular weight is 471 g/mol. The molecule has 164 valence electrons. The predicted molar refractivity (Wildman–Crippen MR) is 125 cm³/mol. The number of amides is 2. The van der Waals surface area contributed by atoms with Gasteiger partial charge in [-0.1, -0.05) is 35.3 Å². The third-order valence-electron chi connectivity index (χ3n) is 4.94. The molecular formula is C23H20Cl2N4O3. The van der Waals surface area contributed by atoms with Gasteiger partial charge in [0.1, 0.15) is 11.8 Å². The van der Waals surface area contributed by atoms with Crippen LogP contribution in [-0.4, -0.2) is 29.1 Å². The van der Waals surface area contributed by atoms with E-state index in [0.29, 0.717) is 33.6 Å². The first-order valence-corrected chi connectivity index (χ1v) is 10.7. The minimum atomic E-state index is -0.337. The molecule has 0 bridgehead atoms. The van der Waals surface area contributed by atoms with Gasteiger partial charge < -0.3 is 15.1 Å². The number of anilines is 2. The SMILES string of the molecule is CC(=O)Nc1ccc(NCC(=O)N2N=C(c3ccc(Cl)cc3)C[C@@H]2c2ccco2)cc1Cl. The van der Waals surface area contributed by atoms with Crippen molar-refractivity contribution in [1.29, 1.82) is 0 Å². The van der Waals surface area contributed by atoms with Crippen molar-refractivity contribution in [3.63, 3.8) is 0 Å². The van der Waals surface area contributed by atoms with E-state index in [9.17, 15) is 9.59 Å². The molecule has 0 spiro atoms. The third kappa shape index (κ3) is 4.95. The summed E-state index contributed by atoms with van der Waals surface area (Å²) in [4.78, 5) is 24.3. The zero-order valence-corrected chi connectivity index (χ0v) is 18.7. The van der Waals surface area contributed by atoms with Crippen LogP contribution in [0.15, 0.2) is 70.4 Å². The molecule has 4 rings (SSSR count). The van der Waals surface area contributed by atoms with Gasteiger partial charge in [0.25, 0.3) is 5.91 Å². The smallest absolute Gasteiger partial charge is 0.262 e. The van der Waals surface area contributed by atoms with Gasteiger partial charge in [0, 0.05) is 24.1 Å². The Morgan fingerprint density at radius 2 is 1.94 bits per heavy atom. The number of hydrogen-bond acceptors (Lipinski definition) is 5. The molecule has 3 aromatic rings. The Morgan fingerprint density at radius 3 is 2.59 bits per heavy atom. The van der Waals surface area contributed by atoms with Gasteiger partial charge in [-0.05, 0) is 48.0 Å². The number of benzene rings is 2. The number of nitrogens with zero attached hydrogens (tertiary/aromatic N) is 2. The largest absolute Gasteiger partial charge is 0.467 e. The molecule has 1 aromatic heterocycles. The lowest BCUT2D eigenvalue weighted by Gasteiger charge is -2.20. The van der Waals surface area contributed by atoms with Crippen LogP contribution in [0.1, 0.15) is 30.7 Å². The van der Waals surface area contributed by atoms with Gasteiger partial charge in [-0.3, -0.25) is 9.59 Å². The highest BCUT2D eigenvalue weighted by molar-refractivity contribution is 6.34. The Kier molecular flexibility index (Phi) is 6.48. The van der Waals surface area contributed by atoms with Crippen LogP contribution in [0.3, 0.4) is 0 Å². The molecule has 2 N–H and O–H groups in total. The Morgan fingerprint density at radius 1 is 1.16 bits per heavy atom. The summed E-state index contributed by atoms with van der Waals surface area (Å²) in [5.74, 6) is 0.223. The molecule has 0 aliphatic carbocycles. The number of hydrazone groups is 1. The third-order valence-corrected chi connectivity index (χ3v) is 5.50. The molecule has 1 atom stereocenters. The number of furan rings is 1. The lowest BCUT2D eigenvalue weighted by Crippen LogP contribution is -2.32. The van der Waals surface area contributed by atoms with E-state index in [4.69, 9.17) is 27.6 Å². The fraction of sp³-hybridized carbons (Fsp3) is 0.174. The van der Waals surface area contributed by atoms with E-state index in [2.05, 4.69) is 15.7 Å². The summed E-state index contributed by atoms with van der Waals surface area (Å²) in [5, 5.41) is 12.7. The van der Waals surface area contributed by atoms with Crippen LogP contribution >= 0.6 is 23.2 Å². The molecule has 1 aliphatic heterocycles. The van der Waals surface area contributed by atoms with Crippen LogP contribution in [0.2, 0.25) is 10.0 Å². The number of carbonyl (C=O) groups is 2. The first-order chi connectivity index (χ1) is 15.4. The Bertz CT molecular complexity index is 1160. The summed E-state index contributed by atoms with van der Waals surface area (Å²) in [5.41, 5.74) is 2.83. The minimum Gasteiger partial charge on any atom is -0.467 e. The Balaban J connectivity index is 1.50. The molecule has 9 heteroatoms. The molecule has 2 amide bonds. The predicted octanol–water partition coefficient (Wildman–Crippen LogP) is 5.33. The van der Waals surface area contributed by atoms with Crippen LogP contribution in [0.25, 0.3) is 0 Å². The Labute approximate surface area is 195 Å².